The average Bonchev–Trinajstić information content (AvgIpc) is 3.21. The number of carbonyl (C=O) groups excluding carboxylic acids is 1. The molecule has 0 radical (unpaired) electrons. The Bertz CT molecular complexity index is 1080. The van der Waals surface area contributed by atoms with Gasteiger partial charge in [-0.2, -0.15) is 0 Å². The van der Waals surface area contributed by atoms with Crippen molar-refractivity contribution in [3.8, 4) is 0 Å². The molecular formula is C20H18N6OS. The minimum absolute atomic E-state index is 0.0215. The van der Waals surface area contributed by atoms with Crippen LogP contribution in [0.25, 0.3) is 10.2 Å². The van der Waals surface area contributed by atoms with Crippen molar-refractivity contribution in [1.29, 1.82) is 0 Å². The van der Waals surface area contributed by atoms with Crippen LogP contribution in [0.15, 0.2) is 60.5 Å². The number of thiophene rings is 1. The molecule has 0 fully saturated rings. The van der Waals surface area contributed by atoms with Crippen molar-refractivity contribution >= 4 is 33.4 Å². The number of nitrogens with zero attached hydrogens (tertiary/aromatic N) is 4. The highest BCUT2D eigenvalue weighted by Gasteiger charge is 2.17. The van der Waals surface area contributed by atoms with Crippen LogP contribution >= 0.6 is 11.3 Å². The first-order valence-electron chi connectivity index (χ1n) is 8.79. The number of pyridine rings is 2. The van der Waals surface area contributed by atoms with Gasteiger partial charge in [-0.25, -0.2) is 9.97 Å². The summed E-state index contributed by atoms with van der Waals surface area (Å²) in [6, 6.07) is 9.47. The van der Waals surface area contributed by atoms with Gasteiger partial charge >= 0.3 is 0 Å². The van der Waals surface area contributed by atoms with Crippen molar-refractivity contribution in [2.75, 3.05) is 5.32 Å². The zero-order chi connectivity index (χ0) is 19.3. The van der Waals surface area contributed by atoms with E-state index in [2.05, 4.69) is 30.6 Å². The summed E-state index contributed by atoms with van der Waals surface area (Å²) in [4.78, 5) is 29.9. The van der Waals surface area contributed by atoms with Crippen LogP contribution in [-0.4, -0.2) is 25.8 Å². The minimum atomic E-state index is -0.230. The molecule has 1 atom stereocenters. The second-order valence-corrected chi connectivity index (χ2v) is 7.13. The van der Waals surface area contributed by atoms with Crippen molar-refractivity contribution in [3.63, 3.8) is 0 Å². The van der Waals surface area contributed by atoms with Gasteiger partial charge in [-0.3, -0.25) is 14.8 Å². The molecule has 4 aromatic heterocycles. The van der Waals surface area contributed by atoms with Crippen LogP contribution in [0.4, 0.5) is 5.95 Å². The minimum Gasteiger partial charge on any atom is -0.348 e. The monoisotopic (exact) mass is 390 g/mol. The molecule has 0 spiro atoms. The summed E-state index contributed by atoms with van der Waals surface area (Å²) in [6.45, 7) is 2.42. The second kappa shape index (κ2) is 8.10. The second-order valence-electron chi connectivity index (χ2n) is 6.22. The fourth-order valence-electron chi connectivity index (χ4n) is 2.78. The lowest BCUT2D eigenvalue weighted by Crippen LogP contribution is -2.24. The SMILES string of the molecule is C[C@H](Nc1nc(C(=O)NCc2ccncc2)c2sccc2n1)c1ccncc1. The molecule has 4 aromatic rings. The van der Waals surface area contributed by atoms with E-state index in [9.17, 15) is 4.79 Å². The maximum Gasteiger partial charge on any atom is 0.271 e. The summed E-state index contributed by atoms with van der Waals surface area (Å²) in [7, 11) is 0. The van der Waals surface area contributed by atoms with E-state index < -0.39 is 0 Å². The molecule has 0 saturated heterocycles. The highest BCUT2D eigenvalue weighted by atomic mass is 32.1. The Labute approximate surface area is 165 Å². The average molecular weight is 390 g/mol. The van der Waals surface area contributed by atoms with E-state index in [1.54, 1.807) is 24.8 Å². The Kier molecular flexibility index (Phi) is 5.20. The van der Waals surface area contributed by atoms with Crippen molar-refractivity contribution in [1.82, 2.24) is 25.3 Å². The number of aromatic nitrogens is 4. The van der Waals surface area contributed by atoms with E-state index in [1.807, 2.05) is 42.6 Å². The summed E-state index contributed by atoms with van der Waals surface area (Å²) in [5, 5.41) is 8.11. The Balaban J connectivity index is 1.57. The van der Waals surface area contributed by atoms with Gasteiger partial charge in [0.25, 0.3) is 5.91 Å². The third kappa shape index (κ3) is 3.96. The van der Waals surface area contributed by atoms with Crippen LogP contribution in [0, 0.1) is 0 Å². The molecular weight excluding hydrogens is 372 g/mol. The largest absolute Gasteiger partial charge is 0.348 e. The normalized spacial score (nSPS) is 11.9. The Hall–Kier alpha value is -3.39. The number of hydrogen-bond acceptors (Lipinski definition) is 7. The first kappa shape index (κ1) is 18.0. The first-order valence-corrected chi connectivity index (χ1v) is 9.67. The standard InChI is InChI=1S/C20H18N6OS/c1-13(15-4-9-22-10-5-15)24-20-25-16-6-11-28-18(16)17(26-20)19(27)23-12-14-2-7-21-8-3-14/h2-11,13H,12H2,1H3,(H,23,27)(H,24,25,26)/t13-/m0/s1. The maximum atomic E-state index is 12.8. The molecule has 0 aliphatic carbocycles. The van der Waals surface area contributed by atoms with Crippen LogP contribution in [0.2, 0.25) is 0 Å². The molecule has 7 nitrogen and oxygen atoms in total. The molecule has 0 unspecified atom stereocenters. The van der Waals surface area contributed by atoms with Crippen LogP contribution in [-0.2, 0) is 6.54 Å². The predicted octanol–water partition coefficient (Wildman–Crippen LogP) is 3.58. The van der Waals surface area contributed by atoms with Gasteiger partial charge in [0.15, 0.2) is 5.69 Å². The Morgan fingerprint density at radius 2 is 1.75 bits per heavy atom. The summed E-state index contributed by atoms with van der Waals surface area (Å²) in [6.07, 6.45) is 6.89. The first-order chi connectivity index (χ1) is 13.7. The van der Waals surface area contributed by atoms with E-state index in [4.69, 9.17) is 0 Å². The lowest BCUT2D eigenvalue weighted by molar-refractivity contribution is 0.0948. The molecule has 4 heterocycles. The number of carbonyl (C=O) groups is 1. The number of hydrogen-bond donors (Lipinski definition) is 2. The highest BCUT2D eigenvalue weighted by Crippen LogP contribution is 2.25. The van der Waals surface area contributed by atoms with E-state index in [1.165, 1.54) is 11.3 Å². The van der Waals surface area contributed by atoms with Crippen LogP contribution < -0.4 is 10.6 Å². The fraction of sp³-hybridized carbons (Fsp3) is 0.150. The quantitative estimate of drug-likeness (QED) is 0.523. The molecule has 0 bridgehead atoms. The van der Waals surface area contributed by atoms with E-state index in [0.29, 0.717) is 18.2 Å². The van der Waals surface area contributed by atoms with Crippen molar-refractivity contribution in [2.45, 2.75) is 19.5 Å². The van der Waals surface area contributed by atoms with Gasteiger partial charge in [0.05, 0.1) is 16.3 Å². The van der Waals surface area contributed by atoms with E-state index in [0.717, 1.165) is 21.3 Å². The number of rotatable bonds is 6. The molecule has 0 aliphatic heterocycles. The highest BCUT2D eigenvalue weighted by molar-refractivity contribution is 7.17. The van der Waals surface area contributed by atoms with Gasteiger partial charge in [0, 0.05) is 31.3 Å². The third-order valence-electron chi connectivity index (χ3n) is 4.27. The molecule has 8 heteroatoms. The van der Waals surface area contributed by atoms with Crippen molar-refractivity contribution in [2.24, 2.45) is 0 Å². The Morgan fingerprint density at radius 3 is 2.50 bits per heavy atom. The third-order valence-corrected chi connectivity index (χ3v) is 5.18. The number of amides is 1. The van der Waals surface area contributed by atoms with Crippen molar-refractivity contribution < 1.29 is 4.79 Å². The molecule has 2 N–H and O–H groups in total. The maximum absolute atomic E-state index is 12.8. The van der Waals surface area contributed by atoms with Gasteiger partial charge in [0.2, 0.25) is 5.95 Å². The molecule has 4 rings (SSSR count). The van der Waals surface area contributed by atoms with Crippen LogP contribution in [0.3, 0.4) is 0 Å². The summed E-state index contributed by atoms with van der Waals surface area (Å²) in [5.41, 5.74) is 3.16. The van der Waals surface area contributed by atoms with Gasteiger partial charge in [-0.15, -0.1) is 11.3 Å². The predicted molar refractivity (Wildman–Crippen MR) is 109 cm³/mol. The van der Waals surface area contributed by atoms with Gasteiger partial charge < -0.3 is 10.6 Å². The smallest absolute Gasteiger partial charge is 0.271 e. The number of nitrogens with one attached hydrogen (secondary N) is 2. The summed E-state index contributed by atoms with van der Waals surface area (Å²) in [5.74, 6) is 0.190. The lowest BCUT2D eigenvalue weighted by Gasteiger charge is -2.15. The lowest BCUT2D eigenvalue weighted by atomic mass is 10.1. The number of fused-ring (bicyclic) bond motifs is 1. The molecule has 0 aromatic carbocycles. The molecule has 140 valence electrons. The zero-order valence-corrected chi connectivity index (χ0v) is 16.0. The topological polar surface area (TPSA) is 92.7 Å². The van der Waals surface area contributed by atoms with Gasteiger partial charge in [-0.05, 0) is 53.8 Å². The van der Waals surface area contributed by atoms with Crippen LogP contribution in [0.5, 0.6) is 0 Å². The zero-order valence-electron chi connectivity index (χ0n) is 15.2. The summed E-state index contributed by atoms with van der Waals surface area (Å²) < 4.78 is 0.773. The van der Waals surface area contributed by atoms with Gasteiger partial charge in [0.1, 0.15) is 0 Å². The molecule has 28 heavy (non-hydrogen) atoms. The number of anilines is 1. The molecule has 0 saturated carbocycles. The van der Waals surface area contributed by atoms with Gasteiger partial charge in [-0.1, -0.05) is 0 Å². The molecule has 0 aliphatic rings. The summed E-state index contributed by atoms with van der Waals surface area (Å²) >= 11 is 1.46. The Morgan fingerprint density at radius 1 is 1.04 bits per heavy atom. The van der Waals surface area contributed by atoms with E-state index in [-0.39, 0.29) is 11.9 Å². The fourth-order valence-corrected chi connectivity index (χ4v) is 3.60. The van der Waals surface area contributed by atoms with Crippen molar-refractivity contribution in [3.05, 3.63) is 77.3 Å². The van der Waals surface area contributed by atoms with E-state index >= 15 is 0 Å². The molecule has 1 amide bonds. The van der Waals surface area contributed by atoms with Crippen LogP contribution in [0.1, 0.15) is 34.6 Å².